The van der Waals surface area contributed by atoms with Crippen LogP contribution >= 0.6 is 0 Å². The fourth-order valence-corrected chi connectivity index (χ4v) is 6.38. The molecular weight excluding hydrogens is 592 g/mol. The highest BCUT2D eigenvalue weighted by Gasteiger charge is 2.57. The molecule has 0 N–H and O–H groups in total. The quantitative estimate of drug-likeness (QED) is 0.253. The zero-order valence-electron chi connectivity index (χ0n) is 26.0. The molecule has 1 aromatic heterocycles. The van der Waals surface area contributed by atoms with Gasteiger partial charge in [0.05, 0.1) is 66.1 Å². The van der Waals surface area contributed by atoms with E-state index >= 15 is 0 Å². The normalized spacial score (nSPS) is 18.1. The van der Waals surface area contributed by atoms with Gasteiger partial charge in [0.1, 0.15) is 16.9 Å². The Hall–Kier alpha value is -5.04. The van der Waals surface area contributed by atoms with Crippen molar-refractivity contribution in [2.75, 3.05) is 56.9 Å². The molecular formula is C32H32O13. The first-order valence-corrected chi connectivity index (χ1v) is 13.8. The van der Waals surface area contributed by atoms with E-state index in [4.69, 9.17) is 51.8 Å². The summed E-state index contributed by atoms with van der Waals surface area (Å²) in [5.74, 6) is 0.210. The van der Waals surface area contributed by atoms with Crippen molar-refractivity contribution in [3.8, 4) is 46.0 Å². The van der Waals surface area contributed by atoms with Gasteiger partial charge < -0.3 is 51.8 Å². The Labute approximate surface area is 257 Å². The molecule has 13 nitrogen and oxygen atoms in total. The summed E-state index contributed by atoms with van der Waals surface area (Å²) < 4.78 is 64.4. The molecule has 2 aliphatic rings. The van der Waals surface area contributed by atoms with Crippen LogP contribution in [0.1, 0.15) is 34.2 Å². The summed E-state index contributed by atoms with van der Waals surface area (Å²) in [6, 6.07) is 4.89. The van der Waals surface area contributed by atoms with Crippen molar-refractivity contribution in [2.24, 2.45) is 0 Å². The number of hydrogen-bond donors (Lipinski definition) is 0. The Morgan fingerprint density at radius 1 is 0.733 bits per heavy atom. The van der Waals surface area contributed by atoms with E-state index in [1.807, 2.05) is 0 Å². The van der Waals surface area contributed by atoms with Crippen LogP contribution in [0.25, 0.3) is 21.5 Å². The maximum absolute atomic E-state index is 13.1. The van der Waals surface area contributed by atoms with Crippen LogP contribution in [0.5, 0.6) is 46.0 Å². The van der Waals surface area contributed by atoms with E-state index in [0.29, 0.717) is 69.1 Å². The van der Waals surface area contributed by atoms with Crippen LogP contribution in [0.4, 0.5) is 0 Å². The molecule has 0 saturated heterocycles. The maximum atomic E-state index is 13.1. The molecule has 0 saturated carbocycles. The third-order valence-electron chi connectivity index (χ3n) is 8.23. The molecule has 0 fully saturated rings. The van der Waals surface area contributed by atoms with Crippen LogP contribution in [0.15, 0.2) is 27.4 Å². The van der Waals surface area contributed by atoms with E-state index < -0.39 is 23.5 Å². The summed E-state index contributed by atoms with van der Waals surface area (Å²) in [7, 11) is 11.8. The minimum absolute atomic E-state index is 0.0906. The molecule has 3 aromatic carbocycles. The summed E-state index contributed by atoms with van der Waals surface area (Å²) in [5.41, 5.74) is 0.454. The Balaban J connectivity index is 1.60. The van der Waals surface area contributed by atoms with Crippen LogP contribution < -0.4 is 43.5 Å². The zero-order valence-corrected chi connectivity index (χ0v) is 26.0. The molecule has 1 spiro atoms. The number of fused-ring (bicyclic) bond motifs is 4. The number of carbonyl (C=O) groups excluding carboxylic acids is 1. The number of rotatable bonds is 8. The van der Waals surface area contributed by atoms with Gasteiger partial charge in [-0.15, -0.1) is 0 Å². The first kappa shape index (κ1) is 30.0. The van der Waals surface area contributed by atoms with Crippen molar-refractivity contribution in [3.05, 3.63) is 45.5 Å². The SMILES string of the molecule is COC(=O)c1cc2cc3c(c(OC)c2c(=O)o1)OC1(CC3)Oc2c(c(OC)c3c(OC)cc(OC)c(OC)c3c2OC)C1OC. The summed E-state index contributed by atoms with van der Waals surface area (Å²) >= 11 is 0. The monoisotopic (exact) mass is 624 g/mol. The van der Waals surface area contributed by atoms with Gasteiger partial charge in [-0.25, -0.2) is 9.59 Å². The van der Waals surface area contributed by atoms with Crippen LogP contribution in [0.3, 0.4) is 0 Å². The molecule has 3 heterocycles. The van der Waals surface area contributed by atoms with Crippen molar-refractivity contribution >= 4 is 27.5 Å². The van der Waals surface area contributed by atoms with E-state index in [2.05, 4.69) is 0 Å². The molecule has 2 atom stereocenters. The number of hydrogen-bond acceptors (Lipinski definition) is 13. The second kappa shape index (κ2) is 11.1. The number of benzene rings is 3. The summed E-state index contributed by atoms with van der Waals surface area (Å²) in [6.45, 7) is 0. The standard InChI is InChI=1S/C32H32O13/c1-35-16-13-17(36-2)24(37-3)21-20(16)25(38-4)22-28(27(21)40-6)45-32(29(22)41-7)10-9-14-11-15-12-18(30(33)42-8)43-31(34)19(15)26(39-5)23(14)44-32/h11-13,29H,9-10H2,1-8H3. The van der Waals surface area contributed by atoms with Crippen molar-refractivity contribution in [2.45, 2.75) is 24.7 Å². The van der Waals surface area contributed by atoms with Gasteiger partial charge in [0.15, 0.2) is 40.6 Å². The van der Waals surface area contributed by atoms with Crippen molar-refractivity contribution in [1.82, 2.24) is 0 Å². The number of ether oxygens (including phenoxy) is 10. The van der Waals surface area contributed by atoms with Gasteiger partial charge in [-0.1, -0.05) is 0 Å². The zero-order chi connectivity index (χ0) is 32.2. The molecule has 0 bridgehead atoms. The van der Waals surface area contributed by atoms with Crippen LogP contribution in [-0.2, 0) is 15.9 Å². The van der Waals surface area contributed by atoms with Gasteiger partial charge in [0.2, 0.25) is 5.76 Å². The Bertz CT molecular complexity index is 1910. The highest BCUT2D eigenvalue weighted by atomic mass is 16.7. The van der Waals surface area contributed by atoms with Gasteiger partial charge in [-0.05, 0) is 29.5 Å². The van der Waals surface area contributed by atoms with E-state index in [-0.39, 0.29) is 22.6 Å². The lowest BCUT2D eigenvalue weighted by atomic mass is 9.90. The number of carbonyl (C=O) groups is 1. The smallest absolute Gasteiger partial charge is 0.374 e. The Morgan fingerprint density at radius 3 is 1.98 bits per heavy atom. The average Bonchev–Trinajstić information content (AvgIpc) is 3.37. The average molecular weight is 625 g/mol. The molecule has 45 heavy (non-hydrogen) atoms. The molecule has 0 aliphatic carbocycles. The summed E-state index contributed by atoms with van der Waals surface area (Å²) in [4.78, 5) is 25.3. The molecule has 238 valence electrons. The third-order valence-corrected chi connectivity index (χ3v) is 8.23. The topological polar surface area (TPSA) is 140 Å². The molecule has 0 amide bonds. The predicted molar refractivity (Wildman–Crippen MR) is 159 cm³/mol. The highest BCUT2D eigenvalue weighted by Crippen LogP contribution is 2.63. The van der Waals surface area contributed by atoms with Gasteiger partial charge in [-0.3, -0.25) is 0 Å². The number of aryl methyl sites for hydroxylation is 1. The molecule has 2 aliphatic heterocycles. The number of methoxy groups -OCH3 is 8. The maximum Gasteiger partial charge on any atom is 0.374 e. The first-order valence-electron chi connectivity index (χ1n) is 13.8. The molecule has 13 heteroatoms. The van der Waals surface area contributed by atoms with Crippen LogP contribution in [0.2, 0.25) is 0 Å². The molecule has 0 radical (unpaired) electrons. The van der Waals surface area contributed by atoms with Crippen molar-refractivity contribution < 1.29 is 56.6 Å². The Kier molecular flexibility index (Phi) is 7.43. The van der Waals surface area contributed by atoms with Crippen LogP contribution in [0, 0.1) is 0 Å². The minimum Gasteiger partial charge on any atom is -0.496 e. The Morgan fingerprint density at radius 2 is 1.38 bits per heavy atom. The van der Waals surface area contributed by atoms with Crippen LogP contribution in [-0.4, -0.2) is 68.6 Å². The molecule has 2 unspecified atom stereocenters. The fraction of sp³-hybridized carbons (Fsp3) is 0.375. The molecule has 6 rings (SSSR count). The predicted octanol–water partition coefficient (Wildman–Crippen LogP) is 4.59. The van der Waals surface area contributed by atoms with E-state index in [9.17, 15) is 9.59 Å². The van der Waals surface area contributed by atoms with Gasteiger partial charge in [0, 0.05) is 19.6 Å². The lowest BCUT2D eigenvalue weighted by Gasteiger charge is -2.38. The lowest BCUT2D eigenvalue weighted by Crippen LogP contribution is -2.47. The second-order valence-corrected chi connectivity index (χ2v) is 10.3. The highest BCUT2D eigenvalue weighted by molar-refractivity contribution is 6.07. The lowest BCUT2D eigenvalue weighted by molar-refractivity contribution is -0.189. The van der Waals surface area contributed by atoms with Crippen molar-refractivity contribution in [3.63, 3.8) is 0 Å². The van der Waals surface area contributed by atoms with E-state index in [1.54, 1.807) is 12.1 Å². The summed E-state index contributed by atoms with van der Waals surface area (Å²) in [6.07, 6.45) is -0.105. The van der Waals surface area contributed by atoms with Crippen molar-refractivity contribution in [1.29, 1.82) is 0 Å². The van der Waals surface area contributed by atoms with Gasteiger partial charge in [0.25, 0.3) is 5.79 Å². The third kappa shape index (κ3) is 4.17. The first-order chi connectivity index (χ1) is 21.8. The van der Waals surface area contributed by atoms with Gasteiger partial charge in [-0.2, -0.15) is 0 Å². The summed E-state index contributed by atoms with van der Waals surface area (Å²) in [5, 5.41) is 1.57. The number of esters is 1. The van der Waals surface area contributed by atoms with E-state index in [0.717, 1.165) is 5.56 Å². The molecule has 4 aromatic rings. The second-order valence-electron chi connectivity index (χ2n) is 10.3. The van der Waals surface area contributed by atoms with E-state index in [1.165, 1.54) is 62.9 Å². The largest absolute Gasteiger partial charge is 0.496 e. The fourth-order valence-electron chi connectivity index (χ4n) is 6.38. The van der Waals surface area contributed by atoms with Gasteiger partial charge >= 0.3 is 11.6 Å². The minimum atomic E-state index is -1.44.